The van der Waals surface area contributed by atoms with Crippen LogP contribution in [-0.2, 0) is 16.2 Å². The topological polar surface area (TPSA) is 102 Å². The highest BCUT2D eigenvalue weighted by molar-refractivity contribution is 6.76. The Labute approximate surface area is 223 Å². The molecular weight excluding hydrogens is 505 g/mol. The van der Waals surface area contributed by atoms with Gasteiger partial charge in [-0.1, -0.05) is 19.6 Å². The maximum absolute atomic E-state index is 15.1. The van der Waals surface area contributed by atoms with E-state index in [0.29, 0.717) is 23.4 Å². The summed E-state index contributed by atoms with van der Waals surface area (Å²) in [6.45, 7) is 13.5. The monoisotopic (exact) mass is 541 g/mol. The standard InChI is InChI=1S/C27H36FN5O4Si/c1-27(2,3)37-26(34)32-10-8-20(28)23(16-32)36-22-7-9-30-25-24(22)19-13-18(14-29)31-15-21(19)33(25)17-35-11-12-38(4,5)6/h7,9,13,15,20,23H,8,10-12,16-17H2,1-6H3/t20-,23+/m1/s1. The Morgan fingerprint density at radius 3 is 2.74 bits per heavy atom. The fourth-order valence-electron chi connectivity index (χ4n) is 4.35. The zero-order valence-corrected chi connectivity index (χ0v) is 24.0. The van der Waals surface area contributed by atoms with Crippen molar-refractivity contribution in [2.24, 2.45) is 0 Å². The lowest BCUT2D eigenvalue weighted by Gasteiger charge is -2.36. The SMILES string of the molecule is CC(C)(C)OC(=O)N1CC[C@@H](F)[C@@H](Oc2ccnc3c2c2cc(C#N)ncc2n3COCC[Si](C)(C)C)C1. The number of likely N-dealkylation sites (tertiary alicyclic amines) is 1. The molecule has 2 atom stereocenters. The van der Waals surface area contributed by atoms with Crippen molar-refractivity contribution in [2.75, 3.05) is 19.7 Å². The van der Waals surface area contributed by atoms with Gasteiger partial charge < -0.3 is 19.1 Å². The molecule has 38 heavy (non-hydrogen) atoms. The summed E-state index contributed by atoms with van der Waals surface area (Å²) in [5.41, 5.74) is 0.940. The van der Waals surface area contributed by atoms with Gasteiger partial charge >= 0.3 is 6.09 Å². The predicted octanol–water partition coefficient (Wildman–Crippen LogP) is 5.49. The second kappa shape index (κ2) is 10.9. The molecule has 0 aromatic carbocycles. The zero-order valence-electron chi connectivity index (χ0n) is 23.0. The van der Waals surface area contributed by atoms with Gasteiger partial charge in [0.2, 0.25) is 0 Å². The van der Waals surface area contributed by atoms with Crippen LogP contribution in [0.15, 0.2) is 24.5 Å². The summed E-state index contributed by atoms with van der Waals surface area (Å²) in [5, 5.41) is 10.8. The Hall–Kier alpha value is -3.23. The number of halogens is 1. The van der Waals surface area contributed by atoms with Gasteiger partial charge in [-0.3, -0.25) is 4.57 Å². The summed E-state index contributed by atoms with van der Waals surface area (Å²) < 4.78 is 34.7. The molecule has 1 saturated heterocycles. The Kier molecular flexibility index (Phi) is 7.95. The first kappa shape index (κ1) is 27.8. The lowest BCUT2D eigenvalue weighted by Crippen LogP contribution is -2.51. The maximum atomic E-state index is 15.1. The number of ether oxygens (including phenoxy) is 3. The summed E-state index contributed by atoms with van der Waals surface area (Å²) >= 11 is 0. The number of hydrogen-bond donors (Lipinski definition) is 0. The van der Waals surface area contributed by atoms with E-state index in [1.54, 1.807) is 45.3 Å². The number of nitriles is 1. The van der Waals surface area contributed by atoms with Crippen LogP contribution in [0.4, 0.5) is 9.18 Å². The van der Waals surface area contributed by atoms with Gasteiger partial charge in [-0.15, -0.1) is 0 Å². The Morgan fingerprint density at radius 2 is 2.05 bits per heavy atom. The highest BCUT2D eigenvalue weighted by Crippen LogP contribution is 2.36. The first-order valence-electron chi connectivity index (χ1n) is 12.9. The predicted molar refractivity (Wildman–Crippen MR) is 146 cm³/mol. The van der Waals surface area contributed by atoms with Gasteiger partial charge in [0, 0.05) is 39.2 Å². The first-order chi connectivity index (χ1) is 17.9. The molecule has 0 N–H and O–H groups in total. The molecule has 0 aliphatic carbocycles. The minimum atomic E-state index is -1.26. The number of nitrogens with zero attached hydrogens (tertiary/aromatic N) is 5. The molecule has 0 bridgehead atoms. The molecule has 3 aromatic rings. The quantitative estimate of drug-likeness (QED) is 0.288. The minimum Gasteiger partial charge on any atom is -0.485 e. The van der Waals surface area contributed by atoms with Crippen LogP contribution in [0, 0.1) is 11.3 Å². The lowest BCUT2D eigenvalue weighted by molar-refractivity contribution is -0.0119. The highest BCUT2D eigenvalue weighted by atomic mass is 28.3. The molecule has 1 aliphatic heterocycles. The smallest absolute Gasteiger partial charge is 0.410 e. The number of hydrogen-bond acceptors (Lipinski definition) is 7. The summed E-state index contributed by atoms with van der Waals surface area (Å²) in [7, 11) is -1.26. The molecule has 1 fully saturated rings. The highest BCUT2D eigenvalue weighted by Gasteiger charge is 2.35. The van der Waals surface area contributed by atoms with Crippen molar-refractivity contribution < 1.29 is 23.4 Å². The van der Waals surface area contributed by atoms with E-state index in [1.807, 2.05) is 4.57 Å². The number of amides is 1. The number of rotatable bonds is 7. The average Bonchev–Trinajstić information content (AvgIpc) is 3.15. The number of piperidine rings is 1. The number of aromatic nitrogens is 3. The molecule has 0 spiro atoms. The number of carbonyl (C=O) groups is 1. The van der Waals surface area contributed by atoms with E-state index in [1.165, 1.54) is 4.90 Å². The molecule has 9 nitrogen and oxygen atoms in total. The van der Waals surface area contributed by atoms with Gasteiger partial charge in [0.25, 0.3) is 0 Å². The van der Waals surface area contributed by atoms with Gasteiger partial charge in [0.15, 0.2) is 0 Å². The third kappa shape index (κ3) is 6.42. The van der Waals surface area contributed by atoms with E-state index < -0.39 is 32.0 Å². The molecule has 0 unspecified atom stereocenters. The fourth-order valence-corrected chi connectivity index (χ4v) is 5.10. The van der Waals surface area contributed by atoms with Gasteiger partial charge in [0.1, 0.15) is 47.8 Å². The van der Waals surface area contributed by atoms with Crippen LogP contribution in [0.2, 0.25) is 25.7 Å². The second-order valence-electron chi connectivity index (χ2n) is 11.9. The summed E-state index contributed by atoms with van der Waals surface area (Å²) in [6.07, 6.45) is 0.749. The molecule has 4 heterocycles. The Morgan fingerprint density at radius 1 is 1.29 bits per heavy atom. The van der Waals surface area contributed by atoms with Crippen molar-refractivity contribution in [3.63, 3.8) is 0 Å². The fraction of sp³-hybridized carbons (Fsp3) is 0.556. The second-order valence-corrected chi connectivity index (χ2v) is 17.5. The van der Waals surface area contributed by atoms with E-state index in [2.05, 4.69) is 35.7 Å². The molecule has 0 saturated carbocycles. The van der Waals surface area contributed by atoms with Crippen LogP contribution in [0.25, 0.3) is 21.9 Å². The molecule has 1 amide bonds. The maximum Gasteiger partial charge on any atom is 0.410 e. The van der Waals surface area contributed by atoms with Crippen molar-refractivity contribution >= 4 is 36.1 Å². The van der Waals surface area contributed by atoms with Crippen molar-refractivity contribution in [3.8, 4) is 11.8 Å². The van der Waals surface area contributed by atoms with Gasteiger partial charge in [-0.2, -0.15) is 5.26 Å². The number of carbonyl (C=O) groups excluding carboxylic acids is 1. The number of pyridine rings is 2. The van der Waals surface area contributed by atoms with Crippen LogP contribution < -0.4 is 4.74 Å². The van der Waals surface area contributed by atoms with Gasteiger partial charge in [0.05, 0.1) is 23.6 Å². The Balaban J connectivity index is 1.66. The molecule has 1 aliphatic rings. The van der Waals surface area contributed by atoms with Gasteiger partial charge in [-0.05, 0) is 38.9 Å². The van der Waals surface area contributed by atoms with E-state index >= 15 is 4.39 Å². The van der Waals surface area contributed by atoms with E-state index in [0.717, 1.165) is 16.9 Å². The van der Waals surface area contributed by atoms with Crippen molar-refractivity contribution in [2.45, 2.75) is 77.5 Å². The zero-order chi connectivity index (χ0) is 27.7. The lowest BCUT2D eigenvalue weighted by atomic mass is 10.1. The summed E-state index contributed by atoms with van der Waals surface area (Å²) in [5.74, 6) is 0.426. The molecule has 11 heteroatoms. The Bertz CT molecular complexity index is 1360. The third-order valence-corrected chi connectivity index (χ3v) is 8.04. The van der Waals surface area contributed by atoms with Gasteiger partial charge in [-0.25, -0.2) is 19.2 Å². The molecule has 3 aromatic heterocycles. The van der Waals surface area contributed by atoms with Crippen molar-refractivity contribution in [1.29, 1.82) is 5.26 Å². The average molecular weight is 542 g/mol. The van der Waals surface area contributed by atoms with E-state index in [9.17, 15) is 10.1 Å². The van der Waals surface area contributed by atoms with Crippen LogP contribution in [0.5, 0.6) is 5.75 Å². The van der Waals surface area contributed by atoms with Crippen LogP contribution in [0.3, 0.4) is 0 Å². The molecule has 0 radical (unpaired) electrons. The normalized spacial score (nSPS) is 18.5. The minimum absolute atomic E-state index is 0.0589. The first-order valence-corrected chi connectivity index (χ1v) is 16.6. The van der Waals surface area contributed by atoms with E-state index in [-0.39, 0.29) is 31.9 Å². The van der Waals surface area contributed by atoms with Crippen molar-refractivity contribution in [1.82, 2.24) is 19.4 Å². The number of fused-ring (bicyclic) bond motifs is 3. The van der Waals surface area contributed by atoms with E-state index in [4.69, 9.17) is 14.2 Å². The largest absolute Gasteiger partial charge is 0.485 e. The van der Waals surface area contributed by atoms with Crippen molar-refractivity contribution in [3.05, 3.63) is 30.2 Å². The summed E-state index contributed by atoms with van der Waals surface area (Å²) in [4.78, 5) is 22.9. The molecular formula is C27H36FN5O4Si. The summed E-state index contributed by atoms with van der Waals surface area (Å²) in [6, 6.07) is 6.48. The molecule has 204 valence electrons. The number of alkyl halides is 1. The van der Waals surface area contributed by atoms with Crippen LogP contribution in [0.1, 0.15) is 32.9 Å². The van der Waals surface area contributed by atoms with Crippen LogP contribution in [-0.4, -0.2) is 71.2 Å². The third-order valence-electron chi connectivity index (χ3n) is 6.33. The van der Waals surface area contributed by atoms with Crippen LogP contribution >= 0.6 is 0 Å². The molecule has 4 rings (SSSR count).